The van der Waals surface area contributed by atoms with Gasteiger partial charge in [-0.3, -0.25) is 0 Å². The van der Waals surface area contributed by atoms with Crippen LogP contribution in [-0.2, 0) is 21.3 Å². The van der Waals surface area contributed by atoms with Gasteiger partial charge in [0.25, 0.3) is 0 Å². The van der Waals surface area contributed by atoms with Gasteiger partial charge in [0.1, 0.15) is 0 Å². The average Bonchev–Trinajstić information content (AvgIpc) is 2.95. The number of likely N-dealkylation sites (N-methyl/N-ethyl adjacent to an activating group) is 1. The van der Waals surface area contributed by atoms with Crippen LogP contribution in [0.1, 0.15) is 31.1 Å². The normalized spacial score (nSPS) is 20.0. The molecule has 0 bridgehead atoms. The molecule has 1 aliphatic heterocycles. The molecule has 1 N–H and O–H groups in total. The summed E-state index contributed by atoms with van der Waals surface area (Å²) in [6, 6.07) is 1.70. The van der Waals surface area contributed by atoms with Gasteiger partial charge in [-0.1, -0.05) is 6.92 Å². The molecule has 0 saturated carbocycles. The number of nitrogens with one attached hydrogen (secondary N) is 1. The van der Waals surface area contributed by atoms with Crippen molar-refractivity contribution in [2.24, 2.45) is 0 Å². The van der Waals surface area contributed by atoms with Crippen LogP contribution in [0.4, 0.5) is 0 Å². The first-order chi connectivity index (χ1) is 10.1. The highest BCUT2D eigenvalue weighted by molar-refractivity contribution is 7.89. The van der Waals surface area contributed by atoms with Crippen LogP contribution in [0.5, 0.6) is 0 Å². The molecular weight excluding hydrogens is 308 g/mol. The minimum absolute atomic E-state index is 0.0226. The van der Waals surface area contributed by atoms with Crippen molar-refractivity contribution in [2.45, 2.75) is 43.7 Å². The number of hydrogen-bond donors (Lipinski definition) is 1. The van der Waals surface area contributed by atoms with Gasteiger partial charge in [0.05, 0.1) is 11.0 Å². The second-order valence-electron chi connectivity index (χ2n) is 5.26. The Morgan fingerprint density at radius 3 is 2.95 bits per heavy atom. The Morgan fingerprint density at radius 1 is 1.48 bits per heavy atom. The smallest absolute Gasteiger partial charge is 0.244 e. The monoisotopic (exact) mass is 332 g/mol. The molecular formula is C14H24N2O3S2. The highest BCUT2D eigenvalue weighted by Crippen LogP contribution is 2.25. The van der Waals surface area contributed by atoms with Crippen molar-refractivity contribution in [3.63, 3.8) is 0 Å². The van der Waals surface area contributed by atoms with Gasteiger partial charge in [-0.25, -0.2) is 8.42 Å². The van der Waals surface area contributed by atoms with Crippen molar-refractivity contribution in [1.82, 2.24) is 9.62 Å². The standard InChI is InChI=1S/C14H24N2O3S2/c1-3-15-10-13-14(7-9-20-13)21(17,18)16(2)11-12-6-4-5-8-19-12/h7,9,12,15H,3-6,8,10-11H2,1-2H3. The van der Waals surface area contributed by atoms with E-state index in [1.165, 1.54) is 15.6 Å². The summed E-state index contributed by atoms with van der Waals surface area (Å²) in [6.45, 7) is 4.59. The molecule has 5 nitrogen and oxygen atoms in total. The Hall–Kier alpha value is -0.470. The molecule has 1 aromatic rings. The molecule has 1 unspecified atom stereocenters. The number of thiophene rings is 1. The molecule has 1 atom stereocenters. The second kappa shape index (κ2) is 7.69. The van der Waals surface area contributed by atoms with Gasteiger partial charge in [-0.05, 0) is 37.3 Å². The molecule has 0 spiro atoms. The van der Waals surface area contributed by atoms with Crippen molar-refractivity contribution in [3.05, 3.63) is 16.3 Å². The Morgan fingerprint density at radius 2 is 2.29 bits per heavy atom. The van der Waals surface area contributed by atoms with Crippen LogP contribution < -0.4 is 5.32 Å². The molecule has 0 amide bonds. The van der Waals surface area contributed by atoms with Gasteiger partial charge in [0.2, 0.25) is 10.0 Å². The number of ether oxygens (including phenoxy) is 1. The lowest BCUT2D eigenvalue weighted by molar-refractivity contribution is 0.00858. The summed E-state index contributed by atoms with van der Waals surface area (Å²) in [5, 5.41) is 5.02. The van der Waals surface area contributed by atoms with Crippen LogP contribution in [-0.4, -0.2) is 45.6 Å². The summed E-state index contributed by atoms with van der Waals surface area (Å²) < 4.78 is 32.5. The van der Waals surface area contributed by atoms with Crippen molar-refractivity contribution >= 4 is 21.4 Å². The van der Waals surface area contributed by atoms with E-state index < -0.39 is 10.0 Å². The zero-order valence-electron chi connectivity index (χ0n) is 12.7. The van der Waals surface area contributed by atoms with Crippen LogP contribution in [0.15, 0.2) is 16.3 Å². The van der Waals surface area contributed by atoms with E-state index in [0.717, 1.165) is 37.3 Å². The maximum atomic E-state index is 12.7. The Balaban J connectivity index is 2.07. The minimum atomic E-state index is -3.43. The Labute approximate surface area is 131 Å². The fourth-order valence-electron chi connectivity index (χ4n) is 2.43. The summed E-state index contributed by atoms with van der Waals surface area (Å²) >= 11 is 1.48. The molecule has 1 aliphatic rings. The number of rotatable bonds is 7. The first kappa shape index (κ1) is 16.9. The quantitative estimate of drug-likeness (QED) is 0.830. The Kier molecular flexibility index (Phi) is 6.19. The van der Waals surface area contributed by atoms with Crippen molar-refractivity contribution in [1.29, 1.82) is 0 Å². The number of hydrogen-bond acceptors (Lipinski definition) is 5. The van der Waals surface area contributed by atoms with Gasteiger partial charge in [0.15, 0.2) is 0 Å². The first-order valence-electron chi connectivity index (χ1n) is 7.40. The summed E-state index contributed by atoms with van der Waals surface area (Å²) in [6.07, 6.45) is 3.15. The summed E-state index contributed by atoms with van der Waals surface area (Å²) in [5.41, 5.74) is 0. The zero-order chi connectivity index (χ0) is 15.3. The van der Waals surface area contributed by atoms with Gasteiger partial charge in [-0.15, -0.1) is 11.3 Å². The molecule has 2 heterocycles. The lowest BCUT2D eigenvalue weighted by Crippen LogP contribution is -2.37. The van der Waals surface area contributed by atoms with Crippen molar-refractivity contribution in [3.8, 4) is 0 Å². The van der Waals surface area contributed by atoms with Crippen LogP contribution in [0.3, 0.4) is 0 Å². The molecule has 2 rings (SSSR count). The molecule has 1 aromatic heterocycles. The maximum absolute atomic E-state index is 12.7. The van der Waals surface area contributed by atoms with E-state index in [-0.39, 0.29) is 6.10 Å². The van der Waals surface area contributed by atoms with E-state index in [1.807, 2.05) is 12.3 Å². The predicted molar refractivity (Wildman–Crippen MR) is 85.1 cm³/mol. The van der Waals surface area contributed by atoms with E-state index in [9.17, 15) is 8.42 Å². The van der Waals surface area contributed by atoms with Crippen LogP contribution in [0.2, 0.25) is 0 Å². The molecule has 1 saturated heterocycles. The predicted octanol–water partition coefficient (Wildman–Crippen LogP) is 2.05. The summed E-state index contributed by atoms with van der Waals surface area (Å²) in [4.78, 5) is 1.29. The van der Waals surface area contributed by atoms with Gasteiger partial charge in [0, 0.05) is 31.6 Å². The van der Waals surface area contributed by atoms with E-state index in [2.05, 4.69) is 5.32 Å². The van der Waals surface area contributed by atoms with Crippen LogP contribution in [0.25, 0.3) is 0 Å². The fraction of sp³-hybridized carbons (Fsp3) is 0.714. The molecule has 7 heteroatoms. The SMILES string of the molecule is CCNCc1sccc1S(=O)(=O)N(C)CC1CCCCO1. The molecule has 21 heavy (non-hydrogen) atoms. The highest BCUT2D eigenvalue weighted by Gasteiger charge is 2.27. The zero-order valence-corrected chi connectivity index (χ0v) is 14.3. The summed E-state index contributed by atoms with van der Waals surface area (Å²) in [7, 11) is -1.79. The lowest BCUT2D eigenvalue weighted by Gasteiger charge is -2.27. The van der Waals surface area contributed by atoms with Gasteiger partial charge < -0.3 is 10.1 Å². The topological polar surface area (TPSA) is 58.6 Å². The molecule has 0 aliphatic carbocycles. The van der Waals surface area contributed by atoms with E-state index in [1.54, 1.807) is 13.1 Å². The fourth-order valence-corrected chi connectivity index (χ4v) is 5.01. The highest BCUT2D eigenvalue weighted by atomic mass is 32.2. The van der Waals surface area contributed by atoms with Gasteiger partial charge >= 0.3 is 0 Å². The first-order valence-corrected chi connectivity index (χ1v) is 9.72. The third-order valence-electron chi connectivity index (χ3n) is 3.66. The molecule has 0 radical (unpaired) electrons. The van der Waals surface area contributed by atoms with Crippen molar-refractivity contribution < 1.29 is 13.2 Å². The largest absolute Gasteiger partial charge is 0.377 e. The molecule has 1 fully saturated rings. The van der Waals surface area contributed by atoms with Crippen molar-refractivity contribution in [2.75, 3.05) is 26.7 Å². The molecule has 120 valence electrons. The third kappa shape index (κ3) is 4.26. The summed E-state index contributed by atoms with van der Waals surface area (Å²) in [5.74, 6) is 0. The van der Waals surface area contributed by atoms with E-state index in [0.29, 0.717) is 18.0 Å². The van der Waals surface area contributed by atoms with E-state index in [4.69, 9.17) is 4.74 Å². The minimum Gasteiger partial charge on any atom is -0.377 e. The number of nitrogens with zero attached hydrogens (tertiary/aromatic N) is 1. The van der Waals surface area contributed by atoms with Gasteiger partial charge in [-0.2, -0.15) is 4.31 Å². The van der Waals surface area contributed by atoms with Crippen LogP contribution in [0, 0.1) is 0 Å². The Bertz CT molecular complexity index is 536. The average molecular weight is 332 g/mol. The van der Waals surface area contributed by atoms with E-state index >= 15 is 0 Å². The lowest BCUT2D eigenvalue weighted by atomic mass is 10.1. The second-order valence-corrected chi connectivity index (χ2v) is 8.28. The van der Waals surface area contributed by atoms with Crippen LogP contribution >= 0.6 is 11.3 Å². The molecule has 0 aromatic carbocycles. The number of sulfonamides is 1. The third-order valence-corrected chi connectivity index (χ3v) is 6.62. The maximum Gasteiger partial charge on any atom is 0.244 e.